The molecule has 0 amide bonds. The average Bonchev–Trinajstić information content (AvgIpc) is 2.31. The zero-order valence-electron chi connectivity index (χ0n) is 12.5. The van der Waals surface area contributed by atoms with Crippen LogP contribution in [0.25, 0.3) is 0 Å². The molecule has 102 valence electrons. The molecular weight excluding hydrogens is 208 g/mol. The van der Waals surface area contributed by atoms with Gasteiger partial charge in [-0.05, 0) is 51.1 Å². The minimum Gasteiger partial charge on any atom is -0.310 e. The number of hydrogen-bond donors (Lipinski definition) is 1. The summed E-state index contributed by atoms with van der Waals surface area (Å²) < 4.78 is 0. The molecule has 0 bridgehead atoms. The van der Waals surface area contributed by atoms with Crippen LogP contribution >= 0.6 is 0 Å². The van der Waals surface area contributed by atoms with Gasteiger partial charge in [-0.2, -0.15) is 0 Å². The Kier molecular flexibility index (Phi) is 6.50. The Labute approximate surface area is 108 Å². The molecule has 0 aromatic rings. The zero-order valence-corrected chi connectivity index (χ0v) is 12.5. The minimum atomic E-state index is 0.625. The van der Waals surface area contributed by atoms with Gasteiger partial charge in [-0.3, -0.25) is 0 Å². The SMILES string of the molecule is CCN(CC)CC(C)NC1CCC(C)C(C)C1. The predicted octanol–water partition coefficient (Wildman–Crippen LogP) is 3.13. The fourth-order valence-electron chi connectivity index (χ4n) is 3.02. The molecule has 0 heterocycles. The van der Waals surface area contributed by atoms with Gasteiger partial charge in [0.25, 0.3) is 0 Å². The summed E-state index contributed by atoms with van der Waals surface area (Å²) in [6.45, 7) is 15.2. The van der Waals surface area contributed by atoms with Crippen molar-refractivity contribution in [2.75, 3.05) is 19.6 Å². The molecule has 1 saturated carbocycles. The van der Waals surface area contributed by atoms with Crippen molar-refractivity contribution in [1.29, 1.82) is 0 Å². The molecule has 0 radical (unpaired) electrons. The van der Waals surface area contributed by atoms with Crippen LogP contribution in [-0.2, 0) is 0 Å². The van der Waals surface area contributed by atoms with Gasteiger partial charge in [-0.25, -0.2) is 0 Å². The van der Waals surface area contributed by atoms with E-state index in [9.17, 15) is 0 Å². The van der Waals surface area contributed by atoms with Gasteiger partial charge >= 0.3 is 0 Å². The van der Waals surface area contributed by atoms with E-state index < -0.39 is 0 Å². The highest BCUT2D eigenvalue weighted by molar-refractivity contribution is 4.82. The highest BCUT2D eigenvalue weighted by Gasteiger charge is 2.25. The third kappa shape index (κ3) is 4.97. The largest absolute Gasteiger partial charge is 0.310 e. The monoisotopic (exact) mass is 240 g/mol. The van der Waals surface area contributed by atoms with Crippen LogP contribution in [-0.4, -0.2) is 36.6 Å². The van der Waals surface area contributed by atoms with E-state index in [1.54, 1.807) is 0 Å². The summed E-state index contributed by atoms with van der Waals surface area (Å²) in [4.78, 5) is 2.51. The van der Waals surface area contributed by atoms with Gasteiger partial charge in [-0.1, -0.05) is 27.7 Å². The van der Waals surface area contributed by atoms with E-state index in [2.05, 4.69) is 44.8 Å². The lowest BCUT2D eigenvalue weighted by molar-refractivity contribution is 0.198. The molecule has 4 unspecified atom stereocenters. The molecule has 1 aliphatic rings. The van der Waals surface area contributed by atoms with Crippen LogP contribution in [0.1, 0.15) is 53.9 Å². The van der Waals surface area contributed by atoms with E-state index in [0.717, 1.165) is 17.9 Å². The number of nitrogens with one attached hydrogen (secondary N) is 1. The molecule has 17 heavy (non-hydrogen) atoms. The van der Waals surface area contributed by atoms with Crippen molar-refractivity contribution in [3.05, 3.63) is 0 Å². The molecule has 1 N–H and O–H groups in total. The first-order valence-electron chi connectivity index (χ1n) is 7.55. The summed E-state index contributed by atoms with van der Waals surface area (Å²) in [5.74, 6) is 1.81. The average molecular weight is 240 g/mol. The summed E-state index contributed by atoms with van der Waals surface area (Å²) in [5.41, 5.74) is 0. The minimum absolute atomic E-state index is 0.625. The van der Waals surface area contributed by atoms with Gasteiger partial charge in [-0.15, -0.1) is 0 Å². The molecule has 0 spiro atoms. The smallest absolute Gasteiger partial charge is 0.0169 e. The van der Waals surface area contributed by atoms with Crippen molar-refractivity contribution in [2.24, 2.45) is 11.8 Å². The van der Waals surface area contributed by atoms with E-state index in [-0.39, 0.29) is 0 Å². The zero-order chi connectivity index (χ0) is 12.8. The lowest BCUT2D eigenvalue weighted by atomic mass is 9.79. The van der Waals surface area contributed by atoms with Gasteiger partial charge in [0.2, 0.25) is 0 Å². The lowest BCUT2D eigenvalue weighted by Crippen LogP contribution is -2.46. The fraction of sp³-hybridized carbons (Fsp3) is 1.00. The third-order valence-electron chi connectivity index (χ3n) is 4.54. The third-order valence-corrected chi connectivity index (χ3v) is 4.54. The van der Waals surface area contributed by atoms with E-state index in [4.69, 9.17) is 0 Å². The second-order valence-corrected chi connectivity index (χ2v) is 6.02. The fourth-order valence-corrected chi connectivity index (χ4v) is 3.02. The maximum Gasteiger partial charge on any atom is 0.0169 e. The molecule has 1 rings (SSSR count). The second kappa shape index (κ2) is 7.38. The van der Waals surface area contributed by atoms with Crippen LogP contribution < -0.4 is 5.32 Å². The van der Waals surface area contributed by atoms with E-state index in [1.807, 2.05) is 0 Å². The van der Waals surface area contributed by atoms with Gasteiger partial charge in [0.15, 0.2) is 0 Å². The Hall–Kier alpha value is -0.0800. The quantitative estimate of drug-likeness (QED) is 0.767. The van der Waals surface area contributed by atoms with Gasteiger partial charge in [0, 0.05) is 18.6 Å². The maximum absolute atomic E-state index is 3.83. The van der Waals surface area contributed by atoms with E-state index >= 15 is 0 Å². The molecule has 4 atom stereocenters. The van der Waals surface area contributed by atoms with Crippen LogP contribution in [0, 0.1) is 11.8 Å². The lowest BCUT2D eigenvalue weighted by Gasteiger charge is -2.35. The van der Waals surface area contributed by atoms with Gasteiger partial charge in [0.05, 0.1) is 0 Å². The molecule has 1 aliphatic carbocycles. The summed E-state index contributed by atoms with van der Waals surface area (Å²) in [6, 6.07) is 1.38. The number of rotatable bonds is 6. The Morgan fingerprint density at radius 3 is 2.29 bits per heavy atom. The molecule has 1 fully saturated rings. The maximum atomic E-state index is 3.83. The van der Waals surface area contributed by atoms with E-state index in [0.29, 0.717) is 6.04 Å². The van der Waals surface area contributed by atoms with Crippen LogP contribution in [0.2, 0.25) is 0 Å². The molecule has 0 aromatic heterocycles. The molecule has 0 aromatic carbocycles. The first-order chi connectivity index (χ1) is 8.06. The van der Waals surface area contributed by atoms with Gasteiger partial charge in [0.1, 0.15) is 0 Å². The standard InChI is InChI=1S/C15H32N2/c1-6-17(7-2)11-14(5)16-15-9-8-12(3)13(4)10-15/h12-16H,6-11H2,1-5H3. The van der Waals surface area contributed by atoms with Crippen molar-refractivity contribution < 1.29 is 0 Å². The normalized spacial score (nSPS) is 31.8. The summed E-state index contributed by atoms with van der Waals surface area (Å²) in [5, 5.41) is 3.83. The van der Waals surface area contributed by atoms with Crippen molar-refractivity contribution >= 4 is 0 Å². The van der Waals surface area contributed by atoms with Crippen LogP contribution in [0.4, 0.5) is 0 Å². The predicted molar refractivity (Wildman–Crippen MR) is 76.4 cm³/mol. The highest BCUT2D eigenvalue weighted by atomic mass is 15.1. The molecule has 2 heteroatoms. The van der Waals surface area contributed by atoms with Crippen LogP contribution in [0.3, 0.4) is 0 Å². The van der Waals surface area contributed by atoms with E-state index in [1.165, 1.54) is 38.9 Å². The highest BCUT2D eigenvalue weighted by Crippen LogP contribution is 2.29. The van der Waals surface area contributed by atoms with Crippen molar-refractivity contribution in [3.63, 3.8) is 0 Å². The van der Waals surface area contributed by atoms with Gasteiger partial charge < -0.3 is 10.2 Å². The summed E-state index contributed by atoms with van der Waals surface area (Å²) in [6.07, 6.45) is 4.13. The summed E-state index contributed by atoms with van der Waals surface area (Å²) in [7, 11) is 0. The first-order valence-corrected chi connectivity index (χ1v) is 7.55. The first kappa shape index (κ1) is 15.0. The second-order valence-electron chi connectivity index (χ2n) is 6.02. The molecule has 0 saturated heterocycles. The van der Waals surface area contributed by atoms with Crippen LogP contribution in [0.5, 0.6) is 0 Å². The number of nitrogens with zero attached hydrogens (tertiary/aromatic N) is 1. The van der Waals surface area contributed by atoms with Crippen molar-refractivity contribution in [2.45, 2.75) is 66.0 Å². The Bertz CT molecular complexity index is 201. The Morgan fingerprint density at radius 1 is 1.12 bits per heavy atom. The molecule has 0 aliphatic heterocycles. The van der Waals surface area contributed by atoms with Crippen molar-refractivity contribution in [1.82, 2.24) is 10.2 Å². The molecular formula is C15H32N2. The Morgan fingerprint density at radius 2 is 1.76 bits per heavy atom. The number of hydrogen-bond acceptors (Lipinski definition) is 2. The summed E-state index contributed by atoms with van der Waals surface area (Å²) >= 11 is 0. The van der Waals surface area contributed by atoms with Crippen LogP contribution in [0.15, 0.2) is 0 Å². The number of likely N-dealkylation sites (N-methyl/N-ethyl adjacent to an activating group) is 1. The van der Waals surface area contributed by atoms with Crippen molar-refractivity contribution in [3.8, 4) is 0 Å². The molecule has 2 nitrogen and oxygen atoms in total. The Balaban J connectivity index is 2.28. The topological polar surface area (TPSA) is 15.3 Å².